The van der Waals surface area contributed by atoms with Crippen LogP contribution in [0.25, 0.3) is 10.9 Å². The van der Waals surface area contributed by atoms with Gasteiger partial charge in [-0.2, -0.15) is 0 Å². The van der Waals surface area contributed by atoms with Crippen molar-refractivity contribution in [2.75, 3.05) is 13.1 Å². The van der Waals surface area contributed by atoms with Crippen molar-refractivity contribution in [2.45, 2.75) is 18.9 Å². The van der Waals surface area contributed by atoms with Crippen LogP contribution in [0.3, 0.4) is 0 Å². The second kappa shape index (κ2) is 4.90. The number of hydrogen-bond acceptors (Lipinski definition) is 3. The molecule has 3 rings (SSSR count). The molecule has 0 aliphatic carbocycles. The molecule has 18 heavy (non-hydrogen) atoms. The summed E-state index contributed by atoms with van der Waals surface area (Å²) < 4.78 is 19.6. The van der Waals surface area contributed by atoms with E-state index in [1.165, 1.54) is 6.07 Å². The Hall–Kier alpha value is -1.68. The summed E-state index contributed by atoms with van der Waals surface area (Å²) in [4.78, 5) is 4.07. The average Bonchev–Trinajstić information content (AvgIpc) is 2.41. The van der Waals surface area contributed by atoms with Crippen LogP contribution in [0.4, 0.5) is 4.39 Å². The normalized spacial score (nSPS) is 16.9. The molecule has 94 valence electrons. The van der Waals surface area contributed by atoms with Gasteiger partial charge in [-0.1, -0.05) is 6.07 Å². The molecule has 1 saturated heterocycles. The molecule has 0 atom stereocenters. The van der Waals surface area contributed by atoms with Crippen molar-refractivity contribution in [1.29, 1.82) is 0 Å². The van der Waals surface area contributed by atoms with Crippen LogP contribution in [0.2, 0.25) is 0 Å². The van der Waals surface area contributed by atoms with Crippen LogP contribution in [0, 0.1) is 5.82 Å². The molecule has 0 spiro atoms. The second-order valence-electron chi connectivity index (χ2n) is 4.51. The first-order valence-electron chi connectivity index (χ1n) is 6.25. The van der Waals surface area contributed by atoms with Crippen molar-refractivity contribution in [2.24, 2.45) is 0 Å². The Morgan fingerprint density at radius 3 is 2.89 bits per heavy atom. The smallest absolute Gasteiger partial charge is 0.149 e. The molecule has 1 aromatic carbocycles. The highest BCUT2D eigenvalue weighted by Gasteiger charge is 2.16. The number of para-hydroxylation sites is 1. The number of hydrogen-bond donors (Lipinski definition) is 1. The summed E-state index contributed by atoms with van der Waals surface area (Å²) in [5.41, 5.74) is 0.379. The first-order valence-corrected chi connectivity index (χ1v) is 6.25. The molecule has 1 aliphatic rings. The lowest BCUT2D eigenvalue weighted by Gasteiger charge is -2.24. The number of ether oxygens (including phenoxy) is 1. The zero-order valence-corrected chi connectivity index (χ0v) is 10.0. The number of nitrogens with one attached hydrogen (secondary N) is 1. The van der Waals surface area contributed by atoms with E-state index in [2.05, 4.69) is 10.3 Å². The van der Waals surface area contributed by atoms with E-state index >= 15 is 0 Å². The van der Waals surface area contributed by atoms with E-state index in [9.17, 15) is 4.39 Å². The van der Waals surface area contributed by atoms with Crippen LogP contribution in [-0.4, -0.2) is 24.2 Å². The minimum absolute atomic E-state index is 0.208. The van der Waals surface area contributed by atoms with Gasteiger partial charge < -0.3 is 10.1 Å². The Morgan fingerprint density at radius 1 is 1.22 bits per heavy atom. The van der Waals surface area contributed by atoms with Crippen molar-refractivity contribution in [3.63, 3.8) is 0 Å². The number of benzene rings is 1. The van der Waals surface area contributed by atoms with E-state index in [0.717, 1.165) is 37.1 Å². The first-order chi connectivity index (χ1) is 8.84. The second-order valence-corrected chi connectivity index (χ2v) is 4.51. The zero-order chi connectivity index (χ0) is 12.4. The lowest BCUT2D eigenvalue weighted by atomic mass is 10.1. The third kappa shape index (κ3) is 2.16. The average molecular weight is 246 g/mol. The van der Waals surface area contributed by atoms with Crippen molar-refractivity contribution in [3.8, 4) is 5.75 Å². The standard InChI is InChI=1S/C14H15FN2O/c15-12-3-1-2-11-13(6-9-17-14(11)12)18-10-4-7-16-8-5-10/h1-3,6,9-10,16H,4-5,7-8H2. The SMILES string of the molecule is Fc1cccc2c(OC3CCNCC3)ccnc12. The van der Waals surface area contributed by atoms with Gasteiger partial charge in [0.2, 0.25) is 0 Å². The fourth-order valence-electron chi connectivity index (χ4n) is 2.31. The molecule has 0 unspecified atom stereocenters. The number of piperidine rings is 1. The van der Waals surface area contributed by atoms with Gasteiger partial charge in [-0.25, -0.2) is 4.39 Å². The van der Waals surface area contributed by atoms with Gasteiger partial charge in [0.25, 0.3) is 0 Å². The maximum atomic E-state index is 13.6. The molecule has 0 bridgehead atoms. The molecule has 4 heteroatoms. The van der Waals surface area contributed by atoms with Crippen LogP contribution in [0.1, 0.15) is 12.8 Å². The summed E-state index contributed by atoms with van der Waals surface area (Å²) in [5.74, 6) is 0.426. The minimum Gasteiger partial charge on any atom is -0.490 e. The van der Waals surface area contributed by atoms with Gasteiger partial charge in [-0.05, 0) is 44.1 Å². The number of fused-ring (bicyclic) bond motifs is 1. The number of pyridine rings is 1. The number of rotatable bonds is 2. The maximum absolute atomic E-state index is 13.6. The van der Waals surface area contributed by atoms with Crippen molar-refractivity contribution >= 4 is 10.9 Å². The lowest BCUT2D eigenvalue weighted by molar-refractivity contribution is 0.164. The number of halogens is 1. The third-order valence-electron chi connectivity index (χ3n) is 3.26. The molecule has 0 amide bonds. The van der Waals surface area contributed by atoms with Crippen LogP contribution in [0.5, 0.6) is 5.75 Å². The van der Waals surface area contributed by atoms with Crippen molar-refractivity contribution in [3.05, 3.63) is 36.3 Å². The summed E-state index contributed by atoms with van der Waals surface area (Å²) in [5, 5.41) is 4.04. The maximum Gasteiger partial charge on any atom is 0.149 e. The zero-order valence-electron chi connectivity index (χ0n) is 10.0. The van der Waals surface area contributed by atoms with Crippen LogP contribution in [-0.2, 0) is 0 Å². The first kappa shape index (κ1) is 11.4. The molecule has 1 aromatic heterocycles. The van der Waals surface area contributed by atoms with Gasteiger partial charge in [0.15, 0.2) is 0 Å². The minimum atomic E-state index is -0.303. The highest BCUT2D eigenvalue weighted by molar-refractivity contribution is 5.85. The van der Waals surface area contributed by atoms with Gasteiger partial charge in [0.05, 0.1) is 0 Å². The third-order valence-corrected chi connectivity index (χ3v) is 3.26. The van der Waals surface area contributed by atoms with Crippen LogP contribution < -0.4 is 10.1 Å². The summed E-state index contributed by atoms with van der Waals surface area (Å²) in [6.07, 6.45) is 3.78. The molecule has 0 radical (unpaired) electrons. The highest BCUT2D eigenvalue weighted by atomic mass is 19.1. The number of aromatic nitrogens is 1. The molecule has 2 aromatic rings. The summed E-state index contributed by atoms with van der Waals surface area (Å²) in [7, 11) is 0. The summed E-state index contributed by atoms with van der Waals surface area (Å²) in [6.45, 7) is 1.95. The van der Waals surface area contributed by atoms with Crippen LogP contribution >= 0.6 is 0 Å². The molecule has 3 nitrogen and oxygen atoms in total. The van der Waals surface area contributed by atoms with Gasteiger partial charge in [0.1, 0.15) is 23.2 Å². The quantitative estimate of drug-likeness (QED) is 0.884. The van der Waals surface area contributed by atoms with E-state index in [0.29, 0.717) is 5.52 Å². The van der Waals surface area contributed by atoms with E-state index in [1.807, 2.05) is 12.1 Å². The van der Waals surface area contributed by atoms with Crippen LogP contribution in [0.15, 0.2) is 30.5 Å². The fraction of sp³-hybridized carbons (Fsp3) is 0.357. The van der Waals surface area contributed by atoms with Crippen molar-refractivity contribution in [1.82, 2.24) is 10.3 Å². The molecule has 0 saturated carbocycles. The summed E-state index contributed by atoms with van der Waals surface area (Å²) >= 11 is 0. The topological polar surface area (TPSA) is 34.1 Å². The molecule has 1 aliphatic heterocycles. The van der Waals surface area contributed by atoms with Gasteiger partial charge in [-0.15, -0.1) is 0 Å². The molecule has 2 heterocycles. The van der Waals surface area contributed by atoms with Gasteiger partial charge in [0, 0.05) is 11.6 Å². The summed E-state index contributed by atoms with van der Waals surface area (Å²) in [6, 6.07) is 6.77. The molecule has 1 fully saturated rings. The van der Waals surface area contributed by atoms with E-state index in [1.54, 1.807) is 12.3 Å². The monoisotopic (exact) mass is 246 g/mol. The van der Waals surface area contributed by atoms with Gasteiger partial charge in [-0.3, -0.25) is 4.98 Å². The van der Waals surface area contributed by atoms with Gasteiger partial charge >= 0.3 is 0 Å². The Morgan fingerprint density at radius 2 is 2.06 bits per heavy atom. The number of nitrogens with zero attached hydrogens (tertiary/aromatic N) is 1. The Balaban J connectivity index is 1.93. The fourth-order valence-corrected chi connectivity index (χ4v) is 2.31. The van der Waals surface area contributed by atoms with E-state index in [-0.39, 0.29) is 11.9 Å². The highest BCUT2D eigenvalue weighted by Crippen LogP contribution is 2.27. The Kier molecular flexibility index (Phi) is 3.11. The van der Waals surface area contributed by atoms with E-state index in [4.69, 9.17) is 4.74 Å². The predicted molar refractivity (Wildman–Crippen MR) is 68.2 cm³/mol. The molecule has 1 N–H and O–H groups in total. The molecular formula is C14H15FN2O. The Labute approximate surface area is 105 Å². The predicted octanol–water partition coefficient (Wildman–Crippen LogP) is 2.50. The van der Waals surface area contributed by atoms with Crippen molar-refractivity contribution < 1.29 is 9.13 Å². The molecular weight excluding hydrogens is 231 g/mol. The lowest BCUT2D eigenvalue weighted by Crippen LogP contribution is -2.34. The largest absolute Gasteiger partial charge is 0.490 e. The Bertz CT molecular complexity index is 552. The van der Waals surface area contributed by atoms with E-state index < -0.39 is 0 Å².